The number of rotatable bonds is 4. The molecule has 0 saturated carbocycles. The summed E-state index contributed by atoms with van der Waals surface area (Å²) in [5, 5.41) is 7.24. The number of aryl methyl sites for hydroxylation is 1. The first-order valence-corrected chi connectivity index (χ1v) is 7.81. The van der Waals surface area contributed by atoms with Gasteiger partial charge in [-0.25, -0.2) is 13.5 Å². The summed E-state index contributed by atoms with van der Waals surface area (Å²) in [4.78, 5) is 12.2. The smallest absolute Gasteiger partial charge is 0.251 e. The Labute approximate surface area is 144 Å². The van der Waals surface area contributed by atoms with Crippen LogP contribution in [0.3, 0.4) is 0 Å². The number of hydrogen-bond acceptors (Lipinski definition) is 2. The predicted octanol–water partition coefficient (Wildman–Crippen LogP) is 3.70. The zero-order chi connectivity index (χ0) is 18.0. The molecule has 3 aromatic rings. The number of benzene rings is 2. The summed E-state index contributed by atoms with van der Waals surface area (Å²) in [6.07, 6.45) is 0. The van der Waals surface area contributed by atoms with Crippen LogP contribution >= 0.6 is 0 Å². The molecule has 0 radical (unpaired) electrons. The molecule has 4 nitrogen and oxygen atoms in total. The molecule has 2 aromatic carbocycles. The van der Waals surface area contributed by atoms with E-state index in [0.717, 1.165) is 34.8 Å². The van der Waals surface area contributed by atoms with Gasteiger partial charge in [-0.1, -0.05) is 18.2 Å². The van der Waals surface area contributed by atoms with Crippen molar-refractivity contribution >= 4 is 5.91 Å². The number of halogens is 2. The molecule has 0 aliphatic carbocycles. The summed E-state index contributed by atoms with van der Waals surface area (Å²) in [5.74, 6) is -2.49. The largest absolute Gasteiger partial charge is 0.348 e. The summed E-state index contributed by atoms with van der Waals surface area (Å²) in [6, 6.07) is 12.8. The first-order valence-electron chi connectivity index (χ1n) is 7.81. The molecule has 0 saturated heterocycles. The van der Waals surface area contributed by atoms with Gasteiger partial charge in [-0.2, -0.15) is 5.10 Å². The van der Waals surface area contributed by atoms with Gasteiger partial charge < -0.3 is 5.32 Å². The van der Waals surface area contributed by atoms with Crippen molar-refractivity contribution in [2.45, 2.75) is 20.4 Å². The zero-order valence-corrected chi connectivity index (χ0v) is 13.9. The summed E-state index contributed by atoms with van der Waals surface area (Å²) in [7, 11) is 0. The number of carbonyl (C=O) groups excluding carboxylic acids is 1. The third-order valence-corrected chi connectivity index (χ3v) is 4.05. The second kappa shape index (κ2) is 6.84. The molecule has 0 aliphatic rings. The highest BCUT2D eigenvalue weighted by Gasteiger charge is 2.15. The summed E-state index contributed by atoms with van der Waals surface area (Å²) < 4.78 is 28.0. The first-order chi connectivity index (χ1) is 12.0. The molecule has 1 N–H and O–H groups in total. The van der Waals surface area contributed by atoms with Crippen LogP contribution in [0.2, 0.25) is 0 Å². The van der Waals surface area contributed by atoms with E-state index in [1.54, 1.807) is 0 Å². The molecule has 1 amide bonds. The van der Waals surface area contributed by atoms with Crippen LogP contribution in [0.4, 0.5) is 8.78 Å². The Morgan fingerprint density at radius 1 is 1.08 bits per heavy atom. The minimum Gasteiger partial charge on any atom is -0.348 e. The lowest BCUT2D eigenvalue weighted by molar-refractivity contribution is 0.0950. The highest BCUT2D eigenvalue weighted by molar-refractivity contribution is 5.94. The maximum absolute atomic E-state index is 13.3. The first kappa shape index (κ1) is 16.8. The number of nitrogens with one attached hydrogen (secondary N) is 1. The Kier molecular flexibility index (Phi) is 4.61. The summed E-state index contributed by atoms with van der Waals surface area (Å²) in [5.41, 5.74) is 3.60. The van der Waals surface area contributed by atoms with Gasteiger partial charge in [0.25, 0.3) is 5.91 Å². The van der Waals surface area contributed by atoms with E-state index in [0.29, 0.717) is 0 Å². The lowest BCUT2D eigenvalue weighted by Gasteiger charge is -2.07. The second-order valence-electron chi connectivity index (χ2n) is 5.71. The minimum atomic E-state index is -1.04. The monoisotopic (exact) mass is 341 g/mol. The van der Waals surface area contributed by atoms with Gasteiger partial charge >= 0.3 is 0 Å². The molecule has 0 bridgehead atoms. The highest BCUT2D eigenvalue weighted by atomic mass is 19.2. The minimum absolute atomic E-state index is 0.0738. The SMILES string of the molecule is Cc1nn(-c2ccccc2)c(C)c1CNC(=O)c1ccc(F)c(F)c1. The van der Waals surface area contributed by atoms with Crippen LogP contribution in [0, 0.1) is 25.5 Å². The third-order valence-electron chi connectivity index (χ3n) is 4.05. The van der Waals surface area contributed by atoms with Gasteiger partial charge in [-0.05, 0) is 44.2 Å². The van der Waals surface area contributed by atoms with Crippen molar-refractivity contribution in [1.82, 2.24) is 15.1 Å². The van der Waals surface area contributed by atoms with Crippen molar-refractivity contribution in [2.75, 3.05) is 0 Å². The van der Waals surface area contributed by atoms with Crippen LogP contribution in [0.1, 0.15) is 27.3 Å². The predicted molar refractivity (Wildman–Crippen MR) is 90.6 cm³/mol. The maximum atomic E-state index is 13.3. The quantitative estimate of drug-likeness (QED) is 0.787. The van der Waals surface area contributed by atoms with E-state index in [-0.39, 0.29) is 12.1 Å². The van der Waals surface area contributed by atoms with Gasteiger partial charge in [-0.15, -0.1) is 0 Å². The Hall–Kier alpha value is -3.02. The van der Waals surface area contributed by atoms with Crippen LogP contribution in [0.15, 0.2) is 48.5 Å². The Bertz CT molecular complexity index is 920. The van der Waals surface area contributed by atoms with E-state index in [2.05, 4.69) is 10.4 Å². The standard InChI is InChI=1S/C19H17F2N3O/c1-12-16(13(2)24(23-12)15-6-4-3-5-7-15)11-22-19(25)14-8-9-17(20)18(21)10-14/h3-10H,11H2,1-2H3,(H,22,25). The molecule has 0 atom stereocenters. The van der Waals surface area contributed by atoms with E-state index in [4.69, 9.17) is 0 Å². The topological polar surface area (TPSA) is 46.9 Å². The fourth-order valence-electron chi connectivity index (χ4n) is 2.66. The number of carbonyl (C=O) groups is 1. The van der Waals surface area contributed by atoms with Gasteiger partial charge in [0.1, 0.15) is 0 Å². The lowest BCUT2D eigenvalue weighted by atomic mass is 10.1. The second-order valence-corrected chi connectivity index (χ2v) is 5.71. The van der Waals surface area contributed by atoms with Gasteiger partial charge in [0.2, 0.25) is 0 Å². The fraction of sp³-hybridized carbons (Fsp3) is 0.158. The highest BCUT2D eigenvalue weighted by Crippen LogP contribution is 2.18. The van der Waals surface area contributed by atoms with Gasteiger partial charge in [0.15, 0.2) is 11.6 Å². The van der Waals surface area contributed by atoms with Crippen molar-refractivity contribution in [1.29, 1.82) is 0 Å². The third kappa shape index (κ3) is 3.42. The molecule has 128 valence electrons. The average molecular weight is 341 g/mol. The molecule has 1 heterocycles. The lowest BCUT2D eigenvalue weighted by Crippen LogP contribution is -2.23. The van der Waals surface area contributed by atoms with Crippen LogP contribution < -0.4 is 5.32 Å². The van der Waals surface area contributed by atoms with E-state index in [1.807, 2.05) is 48.9 Å². The molecule has 6 heteroatoms. The van der Waals surface area contributed by atoms with Crippen LogP contribution in [-0.4, -0.2) is 15.7 Å². The number of amides is 1. The Morgan fingerprint density at radius 2 is 1.80 bits per heavy atom. The number of aromatic nitrogens is 2. The van der Waals surface area contributed by atoms with Crippen molar-refractivity contribution in [2.24, 2.45) is 0 Å². The Morgan fingerprint density at radius 3 is 2.48 bits per heavy atom. The fourth-order valence-corrected chi connectivity index (χ4v) is 2.66. The maximum Gasteiger partial charge on any atom is 0.251 e. The van der Waals surface area contributed by atoms with Crippen molar-refractivity contribution < 1.29 is 13.6 Å². The molecule has 3 rings (SSSR count). The van der Waals surface area contributed by atoms with Gasteiger partial charge in [-0.3, -0.25) is 4.79 Å². The zero-order valence-electron chi connectivity index (χ0n) is 13.9. The summed E-state index contributed by atoms with van der Waals surface area (Å²) >= 11 is 0. The molecule has 0 spiro atoms. The summed E-state index contributed by atoms with van der Waals surface area (Å²) in [6.45, 7) is 4.04. The van der Waals surface area contributed by atoms with E-state index in [9.17, 15) is 13.6 Å². The number of para-hydroxylation sites is 1. The molecular weight excluding hydrogens is 324 g/mol. The van der Waals surface area contributed by atoms with Gasteiger partial charge in [0.05, 0.1) is 11.4 Å². The van der Waals surface area contributed by atoms with Gasteiger partial charge in [0, 0.05) is 23.4 Å². The number of nitrogens with zero attached hydrogens (tertiary/aromatic N) is 2. The van der Waals surface area contributed by atoms with Crippen LogP contribution in [0.5, 0.6) is 0 Å². The van der Waals surface area contributed by atoms with E-state index < -0.39 is 17.5 Å². The van der Waals surface area contributed by atoms with E-state index in [1.165, 1.54) is 6.07 Å². The van der Waals surface area contributed by atoms with Crippen LogP contribution in [-0.2, 0) is 6.54 Å². The molecule has 0 aliphatic heterocycles. The van der Waals surface area contributed by atoms with E-state index >= 15 is 0 Å². The molecule has 0 fully saturated rings. The van der Waals surface area contributed by atoms with Crippen molar-refractivity contribution in [3.63, 3.8) is 0 Å². The normalized spacial score (nSPS) is 10.7. The average Bonchev–Trinajstić information content (AvgIpc) is 2.90. The number of hydrogen-bond donors (Lipinski definition) is 1. The molecule has 0 unspecified atom stereocenters. The van der Waals surface area contributed by atoms with Crippen molar-refractivity contribution in [3.05, 3.63) is 82.7 Å². The molecule has 25 heavy (non-hydrogen) atoms. The Balaban J connectivity index is 1.78. The van der Waals surface area contributed by atoms with Crippen molar-refractivity contribution in [3.8, 4) is 5.69 Å². The van der Waals surface area contributed by atoms with Crippen LogP contribution in [0.25, 0.3) is 5.69 Å². The molecule has 1 aromatic heterocycles. The molecular formula is C19H17F2N3O.